The summed E-state index contributed by atoms with van der Waals surface area (Å²) in [5.41, 5.74) is 3.17. The largest absolute Gasteiger partial charge is 0.366 e. The molecule has 1 amide bonds. The number of nitrogens with one attached hydrogen (secondary N) is 2. The Morgan fingerprint density at radius 3 is 2.68 bits per heavy atom. The number of methoxy groups -OCH3 is 1. The van der Waals surface area contributed by atoms with E-state index >= 15 is 0 Å². The van der Waals surface area contributed by atoms with Crippen molar-refractivity contribution in [3.05, 3.63) is 71.3 Å². The number of fused-ring (bicyclic) bond motifs is 1. The molecule has 4 heteroatoms. The summed E-state index contributed by atoms with van der Waals surface area (Å²) >= 11 is 0. The summed E-state index contributed by atoms with van der Waals surface area (Å²) < 4.78 is 5.45. The predicted molar refractivity (Wildman–Crippen MR) is 85.6 cm³/mol. The van der Waals surface area contributed by atoms with Gasteiger partial charge in [-0.2, -0.15) is 0 Å². The van der Waals surface area contributed by atoms with E-state index in [0.717, 1.165) is 6.42 Å². The minimum Gasteiger partial charge on any atom is -0.366 e. The third-order valence-corrected chi connectivity index (χ3v) is 4.01. The van der Waals surface area contributed by atoms with Crippen LogP contribution in [0.5, 0.6) is 0 Å². The second-order valence-corrected chi connectivity index (χ2v) is 5.42. The van der Waals surface area contributed by atoms with Crippen molar-refractivity contribution in [3.8, 4) is 0 Å². The number of ether oxygens (including phenoxy) is 1. The van der Waals surface area contributed by atoms with Gasteiger partial charge in [-0.05, 0) is 23.3 Å². The van der Waals surface area contributed by atoms with E-state index in [1.165, 1.54) is 11.1 Å². The molecular formula is C18H20N2O2. The molecule has 2 atom stereocenters. The number of amides is 1. The maximum absolute atomic E-state index is 12.2. The van der Waals surface area contributed by atoms with Gasteiger partial charge in [0.15, 0.2) is 0 Å². The minimum atomic E-state index is -0.0561. The molecule has 2 unspecified atom stereocenters. The van der Waals surface area contributed by atoms with Gasteiger partial charge in [-0.25, -0.2) is 0 Å². The number of benzene rings is 2. The van der Waals surface area contributed by atoms with Crippen LogP contribution in [0.25, 0.3) is 0 Å². The lowest BCUT2D eigenvalue weighted by Crippen LogP contribution is -2.45. The number of hydrogen-bond donors (Lipinski definition) is 2. The average Bonchev–Trinajstić information content (AvgIpc) is 2.59. The molecule has 2 aromatic carbocycles. The van der Waals surface area contributed by atoms with E-state index in [9.17, 15) is 4.79 Å². The summed E-state index contributed by atoms with van der Waals surface area (Å²) in [6, 6.07) is 17.6. The number of rotatable bonds is 4. The Balaban J connectivity index is 1.71. The molecule has 0 fully saturated rings. The van der Waals surface area contributed by atoms with Crippen LogP contribution in [-0.4, -0.2) is 25.8 Å². The maximum Gasteiger partial charge on any atom is 0.251 e. The van der Waals surface area contributed by atoms with Crippen molar-refractivity contribution in [2.75, 3.05) is 13.7 Å². The third-order valence-electron chi connectivity index (χ3n) is 4.01. The lowest BCUT2D eigenvalue weighted by molar-refractivity contribution is 0.0555. The second-order valence-electron chi connectivity index (χ2n) is 5.42. The van der Waals surface area contributed by atoms with Crippen molar-refractivity contribution in [1.82, 2.24) is 10.6 Å². The number of carbonyl (C=O) groups is 1. The van der Waals surface area contributed by atoms with E-state index in [4.69, 9.17) is 4.74 Å². The molecule has 114 valence electrons. The molecule has 22 heavy (non-hydrogen) atoms. The Hall–Kier alpha value is -2.17. The molecule has 0 radical (unpaired) electrons. The van der Waals surface area contributed by atoms with Crippen LogP contribution in [0.2, 0.25) is 0 Å². The Labute approximate surface area is 130 Å². The van der Waals surface area contributed by atoms with E-state index in [1.807, 2.05) is 42.5 Å². The highest BCUT2D eigenvalue weighted by Gasteiger charge is 2.25. The third kappa shape index (κ3) is 3.18. The molecule has 0 saturated heterocycles. The molecule has 0 aromatic heterocycles. The van der Waals surface area contributed by atoms with E-state index in [-0.39, 0.29) is 18.2 Å². The van der Waals surface area contributed by atoms with Crippen molar-refractivity contribution in [3.63, 3.8) is 0 Å². The first-order valence-corrected chi connectivity index (χ1v) is 7.48. The molecule has 4 nitrogen and oxygen atoms in total. The zero-order chi connectivity index (χ0) is 15.4. The second kappa shape index (κ2) is 6.73. The van der Waals surface area contributed by atoms with Crippen LogP contribution in [0, 0.1) is 0 Å². The van der Waals surface area contributed by atoms with Crippen molar-refractivity contribution in [1.29, 1.82) is 0 Å². The van der Waals surface area contributed by atoms with Crippen LogP contribution in [0.15, 0.2) is 54.6 Å². The van der Waals surface area contributed by atoms with E-state index < -0.39 is 0 Å². The first-order chi connectivity index (χ1) is 10.8. The summed E-state index contributed by atoms with van der Waals surface area (Å²) in [6.45, 7) is 0.532. The van der Waals surface area contributed by atoms with Gasteiger partial charge in [0.2, 0.25) is 0 Å². The zero-order valence-corrected chi connectivity index (χ0v) is 12.6. The van der Waals surface area contributed by atoms with Crippen LogP contribution < -0.4 is 10.6 Å². The molecule has 1 heterocycles. The lowest BCUT2D eigenvalue weighted by atomic mass is 9.93. The quantitative estimate of drug-likeness (QED) is 0.910. The van der Waals surface area contributed by atoms with Gasteiger partial charge >= 0.3 is 0 Å². The molecule has 3 rings (SSSR count). The van der Waals surface area contributed by atoms with Crippen LogP contribution in [0.1, 0.15) is 27.5 Å². The Morgan fingerprint density at radius 1 is 1.18 bits per heavy atom. The van der Waals surface area contributed by atoms with Crippen LogP contribution >= 0.6 is 0 Å². The van der Waals surface area contributed by atoms with E-state index in [2.05, 4.69) is 22.8 Å². The summed E-state index contributed by atoms with van der Waals surface area (Å²) in [5, 5.41) is 6.43. The zero-order valence-electron chi connectivity index (χ0n) is 12.6. The normalized spacial score (nSPS) is 20.2. The van der Waals surface area contributed by atoms with Gasteiger partial charge in [0.1, 0.15) is 6.23 Å². The fourth-order valence-corrected chi connectivity index (χ4v) is 2.84. The number of carbonyl (C=O) groups excluding carboxylic acids is 1. The van der Waals surface area contributed by atoms with Gasteiger partial charge in [0.05, 0.1) is 6.04 Å². The summed E-state index contributed by atoms with van der Waals surface area (Å²) in [7, 11) is 1.70. The fraction of sp³-hybridized carbons (Fsp3) is 0.278. The van der Waals surface area contributed by atoms with Gasteiger partial charge in [0, 0.05) is 25.6 Å². The summed E-state index contributed by atoms with van der Waals surface area (Å²) in [5.74, 6) is -0.0561. The highest BCUT2D eigenvalue weighted by Crippen LogP contribution is 2.25. The van der Waals surface area contributed by atoms with E-state index in [0.29, 0.717) is 12.1 Å². The molecule has 0 spiro atoms. The standard InChI is InChI=1S/C18H20N2O2/c1-22-17-11-14-9-5-6-10-15(14)16(20-17)12-19-18(21)13-7-3-2-4-8-13/h2-10,16-17,20H,11-12H2,1H3,(H,19,21). The van der Waals surface area contributed by atoms with E-state index in [1.54, 1.807) is 7.11 Å². The van der Waals surface area contributed by atoms with Gasteiger partial charge in [0.25, 0.3) is 5.91 Å². The maximum atomic E-state index is 12.2. The molecule has 1 aliphatic heterocycles. The molecule has 1 aliphatic rings. The fourth-order valence-electron chi connectivity index (χ4n) is 2.84. The highest BCUT2D eigenvalue weighted by atomic mass is 16.5. The summed E-state index contributed by atoms with van der Waals surface area (Å²) in [4.78, 5) is 12.2. The molecule has 0 aliphatic carbocycles. The minimum absolute atomic E-state index is 0.0199. The monoisotopic (exact) mass is 296 g/mol. The lowest BCUT2D eigenvalue weighted by Gasteiger charge is -2.32. The Kier molecular flexibility index (Phi) is 4.51. The molecule has 0 bridgehead atoms. The van der Waals surface area contributed by atoms with Crippen molar-refractivity contribution < 1.29 is 9.53 Å². The smallest absolute Gasteiger partial charge is 0.251 e. The van der Waals surface area contributed by atoms with Gasteiger partial charge in [-0.3, -0.25) is 10.1 Å². The average molecular weight is 296 g/mol. The van der Waals surface area contributed by atoms with Crippen molar-refractivity contribution in [2.24, 2.45) is 0 Å². The Morgan fingerprint density at radius 2 is 1.91 bits per heavy atom. The molecule has 2 N–H and O–H groups in total. The van der Waals surface area contributed by atoms with Crippen LogP contribution in [0.3, 0.4) is 0 Å². The van der Waals surface area contributed by atoms with Gasteiger partial charge in [-0.1, -0.05) is 42.5 Å². The molecule has 2 aromatic rings. The predicted octanol–water partition coefficient (Wildman–Crippen LogP) is 2.28. The van der Waals surface area contributed by atoms with Gasteiger partial charge in [-0.15, -0.1) is 0 Å². The first-order valence-electron chi connectivity index (χ1n) is 7.48. The summed E-state index contributed by atoms with van der Waals surface area (Å²) in [6.07, 6.45) is 0.823. The van der Waals surface area contributed by atoms with Crippen LogP contribution in [0.4, 0.5) is 0 Å². The Bertz CT molecular complexity index is 643. The molecule has 0 saturated carbocycles. The highest BCUT2D eigenvalue weighted by molar-refractivity contribution is 5.94. The molecular weight excluding hydrogens is 276 g/mol. The number of hydrogen-bond acceptors (Lipinski definition) is 3. The topological polar surface area (TPSA) is 50.4 Å². The van der Waals surface area contributed by atoms with Crippen LogP contribution in [-0.2, 0) is 11.2 Å². The van der Waals surface area contributed by atoms with Crippen molar-refractivity contribution in [2.45, 2.75) is 18.7 Å². The first kappa shape index (κ1) is 14.8. The van der Waals surface area contributed by atoms with Crippen molar-refractivity contribution >= 4 is 5.91 Å². The van der Waals surface area contributed by atoms with Gasteiger partial charge < -0.3 is 10.1 Å². The SMILES string of the molecule is COC1Cc2ccccc2C(CNC(=O)c2ccccc2)N1.